The molecule has 1 aliphatic carbocycles. The average molecular weight is 158 g/mol. The molecule has 2 N–H and O–H groups in total. The minimum absolute atomic E-state index is 0.0913. The second-order valence-corrected chi connectivity index (χ2v) is 2.97. The normalized spacial score (nSPS) is 29.1. The van der Waals surface area contributed by atoms with E-state index in [2.05, 4.69) is 0 Å². The van der Waals surface area contributed by atoms with E-state index in [1.807, 2.05) is 0 Å². The molecule has 0 aromatic heterocycles. The zero-order valence-electron chi connectivity index (χ0n) is 5.99. The largest absolute Gasteiger partial charge is 0.481 e. The lowest BCUT2D eigenvalue weighted by Gasteiger charge is -2.30. The van der Waals surface area contributed by atoms with Gasteiger partial charge in [0.05, 0.1) is 5.92 Å². The van der Waals surface area contributed by atoms with Crippen LogP contribution >= 0.6 is 0 Å². The highest BCUT2D eigenvalue weighted by Crippen LogP contribution is 2.35. The van der Waals surface area contributed by atoms with E-state index in [-0.39, 0.29) is 18.3 Å². The zero-order valence-corrected chi connectivity index (χ0v) is 5.99. The highest BCUT2D eigenvalue weighted by molar-refractivity contribution is 5.72. The van der Waals surface area contributed by atoms with Gasteiger partial charge >= 0.3 is 11.9 Å². The fourth-order valence-electron chi connectivity index (χ4n) is 1.35. The second kappa shape index (κ2) is 2.90. The quantitative estimate of drug-likeness (QED) is 0.629. The van der Waals surface area contributed by atoms with Crippen LogP contribution in [0.2, 0.25) is 0 Å². The van der Waals surface area contributed by atoms with Crippen molar-refractivity contribution in [3.8, 4) is 0 Å². The topological polar surface area (TPSA) is 74.6 Å². The molecule has 0 heterocycles. The maximum atomic E-state index is 10.3. The first-order valence-electron chi connectivity index (χ1n) is 3.54. The van der Waals surface area contributed by atoms with Gasteiger partial charge in [-0.05, 0) is 18.8 Å². The van der Waals surface area contributed by atoms with Crippen molar-refractivity contribution in [2.45, 2.75) is 19.3 Å². The van der Waals surface area contributed by atoms with Crippen molar-refractivity contribution in [1.29, 1.82) is 0 Å². The molecule has 1 fully saturated rings. The van der Waals surface area contributed by atoms with E-state index >= 15 is 0 Å². The van der Waals surface area contributed by atoms with Gasteiger partial charge in [-0.2, -0.15) is 0 Å². The van der Waals surface area contributed by atoms with Crippen LogP contribution in [0.15, 0.2) is 0 Å². The van der Waals surface area contributed by atoms with Crippen molar-refractivity contribution in [2.24, 2.45) is 11.8 Å². The van der Waals surface area contributed by atoms with Gasteiger partial charge in [0.25, 0.3) is 0 Å². The summed E-state index contributed by atoms with van der Waals surface area (Å²) in [5, 5.41) is 16.8. The van der Waals surface area contributed by atoms with Crippen molar-refractivity contribution in [3.05, 3.63) is 0 Å². The molecule has 0 radical (unpaired) electrons. The lowest BCUT2D eigenvalue weighted by atomic mass is 9.73. The summed E-state index contributed by atoms with van der Waals surface area (Å²) >= 11 is 0. The molecule has 4 nitrogen and oxygen atoms in total. The van der Waals surface area contributed by atoms with E-state index in [1.54, 1.807) is 0 Å². The summed E-state index contributed by atoms with van der Waals surface area (Å²) in [6.45, 7) is 0. The van der Waals surface area contributed by atoms with Crippen LogP contribution in [0.1, 0.15) is 19.3 Å². The van der Waals surface area contributed by atoms with Crippen LogP contribution in [0, 0.1) is 11.8 Å². The summed E-state index contributed by atoms with van der Waals surface area (Å²) in [4.78, 5) is 20.4. The first-order chi connectivity index (χ1) is 5.09. The molecular weight excluding hydrogens is 148 g/mol. The predicted octanol–water partition coefficient (Wildman–Crippen LogP) is 0.572. The van der Waals surface area contributed by atoms with E-state index in [0.717, 1.165) is 0 Å². The molecule has 11 heavy (non-hydrogen) atoms. The van der Waals surface area contributed by atoms with Crippen LogP contribution in [-0.4, -0.2) is 22.2 Å². The molecule has 0 spiro atoms. The van der Waals surface area contributed by atoms with E-state index < -0.39 is 11.9 Å². The van der Waals surface area contributed by atoms with Crippen LogP contribution in [0.4, 0.5) is 0 Å². The third-order valence-electron chi connectivity index (χ3n) is 2.05. The minimum atomic E-state index is -0.834. The fraction of sp³-hybridized carbons (Fsp3) is 0.714. The Hall–Kier alpha value is -1.06. The van der Waals surface area contributed by atoms with E-state index in [1.165, 1.54) is 0 Å². The van der Waals surface area contributed by atoms with Gasteiger partial charge in [0, 0.05) is 6.42 Å². The molecule has 0 aromatic rings. The molecular formula is C7H10O4. The van der Waals surface area contributed by atoms with Crippen molar-refractivity contribution in [2.75, 3.05) is 0 Å². The molecule has 0 atom stereocenters. The third-order valence-corrected chi connectivity index (χ3v) is 2.05. The van der Waals surface area contributed by atoms with E-state index in [0.29, 0.717) is 12.8 Å². The SMILES string of the molecule is O=C(O)CC1CC(C(=O)O)C1. The summed E-state index contributed by atoms with van der Waals surface area (Å²) in [5.41, 5.74) is 0. The van der Waals surface area contributed by atoms with Crippen LogP contribution in [0.25, 0.3) is 0 Å². The molecule has 0 aliphatic heterocycles. The van der Waals surface area contributed by atoms with Gasteiger partial charge in [-0.25, -0.2) is 0 Å². The van der Waals surface area contributed by atoms with Gasteiger partial charge in [0.15, 0.2) is 0 Å². The Morgan fingerprint density at radius 1 is 1.27 bits per heavy atom. The molecule has 0 amide bonds. The highest BCUT2D eigenvalue weighted by Gasteiger charge is 2.35. The Labute approximate surface area is 63.8 Å². The summed E-state index contributed by atoms with van der Waals surface area (Å²) in [7, 11) is 0. The van der Waals surface area contributed by atoms with Gasteiger partial charge < -0.3 is 10.2 Å². The standard InChI is InChI=1S/C7H10O4/c8-6(9)3-4-1-5(2-4)7(10)11/h4-5H,1-3H2,(H,8,9)(H,10,11). The van der Waals surface area contributed by atoms with Crippen molar-refractivity contribution >= 4 is 11.9 Å². The van der Waals surface area contributed by atoms with Crippen LogP contribution in [-0.2, 0) is 9.59 Å². The van der Waals surface area contributed by atoms with Gasteiger partial charge in [-0.3, -0.25) is 9.59 Å². The van der Waals surface area contributed by atoms with Crippen molar-refractivity contribution in [3.63, 3.8) is 0 Å². The molecule has 0 saturated heterocycles. The number of aliphatic carboxylic acids is 2. The minimum Gasteiger partial charge on any atom is -0.481 e. The first kappa shape index (κ1) is 8.04. The maximum absolute atomic E-state index is 10.3. The average Bonchev–Trinajstić information content (AvgIpc) is 1.75. The van der Waals surface area contributed by atoms with E-state index in [4.69, 9.17) is 10.2 Å². The second-order valence-electron chi connectivity index (χ2n) is 2.97. The van der Waals surface area contributed by atoms with Gasteiger partial charge in [-0.1, -0.05) is 0 Å². The van der Waals surface area contributed by atoms with Crippen LogP contribution in [0.3, 0.4) is 0 Å². The number of hydrogen-bond donors (Lipinski definition) is 2. The van der Waals surface area contributed by atoms with Gasteiger partial charge in [0.1, 0.15) is 0 Å². The zero-order chi connectivity index (χ0) is 8.43. The van der Waals surface area contributed by atoms with Gasteiger partial charge in [-0.15, -0.1) is 0 Å². The monoisotopic (exact) mass is 158 g/mol. The van der Waals surface area contributed by atoms with E-state index in [9.17, 15) is 9.59 Å². The van der Waals surface area contributed by atoms with Gasteiger partial charge in [0.2, 0.25) is 0 Å². The predicted molar refractivity (Wildman–Crippen MR) is 36.1 cm³/mol. The Morgan fingerprint density at radius 2 is 1.82 bits per heavy atom. The number of rotatable bonds is 3. The molecule has 1 rings (SSSR count). The molecule has 4 heteroatoms. The molecule has 0 bridgehead atoms. The molecule has 0 unspecified atom stereocenters. The molecule has 0 aromatic carbocycles. The Morgan fingerprint density at radius 3 is 2.18 bits per heavy atom. The third kappa shape index (κ3) is 1.93. The smallest absolute Gasteiger partial charge is 0.306 e. The summed E-state index contributed by atoms with van der Waals surface area (Å²) < 4.78 is 0. The summed E-state index contributed by atoms with van der Waals surface area (Å²) in [6, 6.07) is 0. The van der Waals surface area contributed by atoms with Crippen LogP contribution < -0.4 is 0 Å². The van der Waals surface area contributed by atoms with Crippen LogP contribution in [0.5, 0.6) is 0 Å². The summed E-state index contributed by atoms with van der Waals surface area (Å²) in [5.74, 6) is -1.83. The Balaban J connectivity index is 2.19. The van der Waals surface area contributed by atoms with Crippen molar-refractivity contribution < 1.29 is 19.8 Å². The molecule has 62 valence electrons. The number of carboxylic acids is 2. The first-order valence-corrected chi connectivity index (χ1v) is 3.54. The lowest BCUT2D eigenvalue weighted by Crippen LogP contribution is -2.31. The Kier molecular flexibility index (Phi) is 2.12. The highest BCUT2D eigenvalue weighted by atomic mass is 16.4. The summed E-state index contributed by atoms with van der Waals surface area (Å²) in [6.07, 6.45) is 1.17. The Bertz CT molecular complexity index is 181. The molecule has 1 aliphatic rings. The molecule has 1 saturated carbocycles. The number of carbonyl (C=O) groups is 2. The number of hydrogen-bond acceptors (Lipinski definition) is 2. The maximum Gasteiger partial charge on any atom is 0.306 e. The van der Waals surface area contributed by atoms with Crippen molar-refractivity contribution in [1.82, 2.24) is 0 Å². The fourth-order valence-corrected chi connectivity index (χ4v) is 1.35. The lowest BCUT2D eigenvalue weighted by molar-refractivity contribution is -0.149. The number of carboxylic acid groups (broad SMARTS) is 2.